The third kappa shape index (κ3) is 2.65. The Bertz CT molecular complexity index is 367. The second-order valence-electron chi connectivity index (χ2n) is 5.93. The fourth-order valence-electron chi connectivity index (χ4n) is 2.30. The molecule has 1 aromatic carbocycles. The summed E-state index contributed by atoms with van der Waals surface area (Å²) >= 11 is 0. The average molecular weight is 217 g/mol. The molecule has 1 fully saturated rings. The maximum absolute atomic E-state index is 3.64. The number of nitrogens with one attached hydrogen (secondary N) is 1. The standard InChI is InChI=1S/C15H23N/c1-11-6-5-7-13(8-11)12(2)16-10-14-9-15(14,3)4/h5-8,12,14,16H,9-10H2,1-4H3. The number of rotatable bonds is 4. The van der Waals surface area contributed by atoms with Gasteiger partial charge in [-0.15, -0.1) is 0 Å². The van der Waals surface area contributed by atoms with Crippen molar-refractivity contribution in [3.8, 4) is 0 Å². The Morgan fingerprint density at radius 1 is 1.44 bits per heavy atom. The Morgan fingerprint density at radius 2 is 2.12 bits per heavy atom. The molecule has 1 heteroatoms. The van der Waals surface area contributed by atoms with Crippen LogP contribution >= 0.6 is 0 Å². The van der Waals surface area contributed by atoms with Crippen molar-refractivity contribution in [2.24, 2.45) is 11.3 Å². The monoisotopic (exact) mass is 217 g/mol. The Morgan fingerprint density at radius 3 is 2.69 bits per heavy atom. The van der Waals surface area contributed by atoms with E-state index in [4.69, 9.17) is 0 Å². The van der Waals surface area contributed by atoms with Crippen LogP contribution in [0, 0.1) is 18.3 Å². The van der Waals surface area contributed by atoms with Crippen molar-refractivity contribution >= 4 is 0 Å². The lowest BCUT2D eigenvalue weighted by molar-refractivity contribution is 0.485. The van der Waals surface area contributed by atoms with Crippen molar-refractivity contribution < 1.29 is 0 Å². The summed E-state index contributed by atoms with van der Waals surface area (Å²) in [6.07, 6.45) is 1.38. The molecule has 0 bridgehead atoms. The van der Waals surface area contributed by atoms with Crippen molar-refractivity contribution in [3.63, 3.8) is 0 Å². The van der Waals surface area contributed by atoms with E-state index in [9.17, 15) is 0 Å². The van der Waals surface area contributed by atoms with Gasteiger partial charge in [-0.05, 0) is 43.7 Å². The van der Waals surface area contributed by atoms with E-state index in [0.29, 0.717) is 11.5 Å². The molecular weight excluding hydrogens is 194 g/mol. The van der Waals surface area contributed by atoms with Crippen LogP contribution in [0.5, 0.6) is 0 Å². The normalized spacial score (nSPS) is 24.1. The second kappa shape index (κ2) is 4.21. The Labute approximate surface area is 99.3 Å². The van der Waals surface area contributed by atoms with Gasteiger partial charge >= 0.3 is 0 Å². The fourth-order valence-corrected chi connectivity index (χ4v) is 2.30. The molecule has 1 aromatic rings. The highest BCUT2D eigenvalue weighted by molar-refractivity contribution is 5.24. The highest BCUT2D eigenvalue weighted by Gasteiger charge is 2.44. The minimum absolute atomic E-state index is 0.469. The van der Waals surface area contributed by atoms with Gasteiger partial charge in [-0.2, -0.15) is 0 Å². The van der Waals surface area contributed by atoms with Crippen LogP contribution in [0.2, 0.25) is 0 Å². The molecule has 0 radical (unpaired) electrons. The molecule has 2 unspecified atom stereocenters. The van der Waals surface area contributed by atoms with Gasteiger partial charge in [0.2, 0.25) is 0 Å². The summed E-state index contributed by atoms with van der Waals surface area (Å²) < 4.78 is 0. The van der Waals surface area contributed by atoms with E-state index < -0.39 is 0 Å². The summed E-state index contributed by atoms with van der Waals surface area (Å²) in [5, 5.41) is 3.64. The van der Waals surface area contributed by atoms with Gasteiger partial charge in [-0.25, -0.2) is 0 Å². The molecule has 1 nitrogen and oxygen atoms in total. The summed E-state index contributed by atoms with van der Waals surface area (Å²) in [6.45, 7) is 10.3. The molecule has 1 aliphatic carbocycles. The van der Waals surface area contributed by atoms with Crippen LogP contribution in [-0.4, -0.2) is 6.54 Å². The molecule has 0 spiro atoms. The van der Waals surface area contributed by atoms with E-state index in [1.807, 2.05) is 0 Å². The van der Waals surface area contributed by atoms with Crippen LogP contribution < -0.4 is 5.32 Å². The van der Waals surface area contributed by atoms with E-state index in [1.165, 1.54) is 17.5 Å². The third-order valence-corrected chi connectivity index (χ3v) is 3.93. The van der Waals surface area contributed by atoms with Crippen LogP contribution in [0.15, 0.2) is 24.3 Å². The molecule has 0 aromatic heterocycles. The second-order valence-corrected chi connectivity index (χ2v) is 5.93. The van der Waals surface area contributed by atoms with Crippen molar-refractivity contribution in [1.29, 1.82) is 0 Å². The van der Waals surface area contributed by atoms with Crippen molar-refractivity contribution in [2.45, 2.75) is 40.2 Å². The van der Waals surface area contributed by atoms with Crippen LogP contribution in [0.1, 0.15) is 44.4 Å². The zero-order valence-corrected chi connectivity index (χ0v) is 10.9. The highest BCUT2D eigenvalue weighted by atomic mass is 14.9. The van der Waals surface area contributed by atoms with Gasteiger partial charge in [-0.1, -0.05) is 43.7 Å². The molecule has 0 heterocycles. The molecule has 1 aliphatic rings. The van der Waals surface area contributed by atoms with Gasteiger partial charge in [-0.3, -0.25) is 0 Å². The minimum Gasteiger partial charge on any atom is -0.310 e. The quantitative estimate of drug-likeness (QED) is 0.811. The van der Waals surface area contributed by atoms with Crippen LogP contribution in [0.3, 0.4) is 0 Å². The first kappa shape index (κ1) is 11.7. The number of hydrogen-bond donors (Lipinski definition) is 1. The lowest BCUT2D eigenvalue weighted by atomic mass is 10.1. The summed E-state index contributed by atoms with van der Waals surface area (Å²) in [7, 11) is 0. The van der Waals surface area contributed by atoms with Gasteiger partial charge in [0.15, 0.2) is 0 Å². The molecule has 1 N–H and O–H groups in total. The predicted molar refractivity (Wildman–Crippen MR) is 69.5 cm³/mol. The highest BCUT2D eigenvalue weighted by Crippen LogP contribution is 2.51. The van der Waals surface area contributed by atoms with Crippen LogP contribution in [-0.2, 0) is 0 Å². The molecule has 2 atom stereocenters. The largest absolute Gasteiger partial charge is 0.310 e. The van der Waals surface area contributed by atoms with Crippen LogP contribution in [0.4, 0.5) is 0 Å². The van der Waals surface area contributed by atoms with E-state index in [1.54, 1.807) is 0 Å². The molecule has 88 valence electrons. The fraction of sp³-hybridized carbons (Fsp3) is 0.600. The first-order chi connectivity index (χ1) is 7.49. The maximum Gasteiger partial charge on any atom is 0.0292 e. The van der Waals surface area contributed by atoms with Crippen LogP contribution in [0.25, 0.3) is 0 Å². The maximum atomic E-state index is 3.64. The van der Waals surface area contributed by atoms with E-state index in [2.05, 4.69) is 57.3 Å². The number of benzene rings is 1. The molecule has 0 amide bonds. The Hall–Kier alpha value is -0.820. The number of aryl methyl sites for hydroxylation is 1. The van der Waals surface area contributed by atoms with Crippen molar-refractivity contribution in [2.75, 3.05) is 6.54 Å². The summed E-state index contributed by atoms with van der Waals surface area (Å²) in [5.74, 6) is 0.875. The summed E-state index contributed by atoms with van der Waals surface area (Å²) in [6, 6.07) is 9.25. The van der Waals surface area contributed by atoms with Gasteiger partial charge < -0.3 is 5.32 Å². The smallest absolute Gasteiger partial charge is 0.0292 e. The molecule has 2 rings (SSSR count). The SMILES string of the molecule is Cc1cccc(C(C)NCC2CC2(C)C)c1. The average Bonchev–Trinajstić information content (AvgIpc) is 2.83. The summed E-state index contributed by atoms with van der Waals surface area (Å²) in [4.78, 5) is 0. The molecule has 1 saturated carbocycles. The lowest BCUT2D eigenvalue weighted by Crippen LogP contribution is -2.22. The third-order valence-electron chi connectivity index (χ3n) is 3.93. The minimum atomic E-state index is 0.469. The Balaban J connectivity index is 1.86. The van der Waals surface area contributed by atoms with E-state index in [0.717, 1.165) is 12.5 Å². The van der Waals surface area contributed by atoms with E-state index in [-0.39, 0.29) is 0 Å². The van der Waals surface area contributed by atoms with Gasteiger partial charge in [0.1, 0.15) is 0 Å². The number of hydrogen-bond acceptors (Lipinski definition) is 1. The van der Waals surface area contributed by atoms with Crippen molar-refractivity contribution in [3.05, 3.63) is 35.4 Å². The zero-order chi connectivity index (χ0) is 11.8. The molecule has 0 aliphatic heterocycles. The first-order valence-electron chi connectivity index (χ1n) is 6.29. The molecule has 16 heavy (non-hydrogen) atoms. The Kier molecular flexibility index (Phi) is 3.07. The lowest BCUT2D eigenvalue weighted by Gasteiger charge is -2.15. The predicted octanol–water partition coefficient (Wildman–Crippen LogP) is 3.69. The molecular formula is C15H23N. The first-order valence-corrected chi connectivity index (χ1v) is 6.29. The topological polar surface area (TPSA) is 12.0 Å². The van der Waals surface area contributed by atoms with Crippen molar-refractivity contribution in [1.82, 2.24) is 5.32 Å². The van der Waals surface area contributed by atoms with Gasteiger partial charge in [0.05, 0.1) is 0 Å². The van der Waals surface area contributed by atoms with Gasteiger partial charge in [0, 0.05) is 6.04 Å². The molecule has 0 saturated heterocycles. The van der Waals surface area contributed by atoms with Gasteiger partial charge in [0.25, 0.3) is 0 Å². The zero-order valence-electron chi connectivity index (χ0n) is 10.9. The summed E-state index contributed by atoms with van der Waals surface area (Å²) in [5.41, 5.74) is 3.33. The van der Waals surface area contributed by atoms with E-state index >= 15 is 0 Å².